The van der Waals surface area contributed by atoms with Crippen LogP contribution in [0.1, 0.15) is 44.2 Å². The van der Waals surface area contributed by atoms with Crippen LogP contribution in [0.2, 0.25) is 0 Å². The molecule has 0 saturated heterocycles. The minimum atomic E-state index is -4.78. The predicted molar refractivity (Wildman–Crippen MR) is 131 cm³/mol. The van der Waals surface area contributed by atoms with Gasteiger partial charge in [0.05, 0.1) is 0 Å². The Labute approximate surface area is 200 Å². The van der Waals surface area contributed by atoms with Crippen LogP contribution in [0.5, 0.6) is 11.5 Å². The normalized spacial score (nSPS) is 11.9. The van der Waals surface area contributed by atoms with Crippen LogP contribution >= 0.6 is 19.8 Å². The molecule has 0 spiro atoms. The SMILES string of the molecule is COc1cc(CI(CCCCC(=O)C(F)(F)F)C(=O)C(C)C)ccc1OCc1ccccc1. The van der Waals surface area contributed by atoms with Crippen LogP contribution < -0.4 is 9.47 Å². The molecule has 2 rings (SSSR count). The van der Waals surface area contributed by atoms with E-state index in [-0.39, 0.29) is 16.1 Å². The van der Waals surface area contributed by atoms with E-state index < -0.39 is 38.2 Å². The summed E-state index contributed by atoms with van der Waals surface area (Å²) in [6.07, 6.45) is -4.72. The van der Waals surface area contributed by atoms with Crippen molar-refractivity contribution in [3.8, 4) is 11.5 Å². The van der Waals surface area contributed by atoms with Crippen molar-refractivity contribution in [1.29, 1.82) is 0 Å². The summed E-state index contributed by atoms with van der Waals surface area (Å²) in [6, 6.07) is 15.4. The monoisotopic (exact) mass is 578 g/mol. The summed E-state index contributed by atoms with van der Waals surface area (Å²) in [7, 11) is 1.56. The van der Waals surface area contributed by atoms with Crippen molar-refractivity contribution < 1.29 is 32.2 Å². The molecule has 0 heterocycles. The number of alkyl halides is 5. The Kier molecular flexibility index (Phi) is 10.7. The first-order valence-corrected chi connectivity index (χ1v) is 14.8. The van der Waals surface area contributed by atoms with Crippen molar-refractivity contribution in [2.75, 3.05) is 11.5 Å². The zero-order chi connectivity index (χ0) is 24.4. The molecular formula is C25H30F3IO4. The molecule has 0 bridgehead atoms. The quantitative estimate of drug-likeness (QED) is 0.114. The van der Waals surface area contributed by atoms with Gasteiger partial charge in [0.1, 0.15) is 0 Å². The van der Waals surface area contributed by atoms with Crippen molar-refractivity contribution in [3.05, 3.63) is 59.7 Å². The number of halogens is 4. The molecule has 8 heteroatoms. The molecule has 0 fully saturated rings. The zero-order valence-electron chi connectivity index (χ0n) is 19.1. The number of benzene rings is 2. The van der Waals surface area contributed by atoms with E-state index in [2.05, 4.69) is 0 Å². The van der Waals surface area contributed by atoms with Crippen molar-refractivity contribution in [2.45, 2.75) is 50.3 Å². The Hall–Kier alpha value is -2.10. The summed E-state index contributed by atoms with van der Waals surface area (Å²) in [5.74, 6) is -0.644. The average molecular weight is 578 g/mol. The summed E-state index contributed by atoms with van der Waals surface area (Å²) in [6.45, 7) is 4.10. The van der Waals surface area contributed by atoms with E-state index >= 15 is 0 Å². The number of Topliss-reactive ketones (excluding diaryl/α,β-unsaturated/α-hetero) is 1. The molecule has 2 aromatic rings. The fourth-order valence-electron chi connectivity index (χ4n) is 3.05. The number of methoxy groups -OCH3 is 1. The molecule has 0 aliphatic heterocycles. The van der Waals surface area contributed by atoms with Crippen LogP contribution in [0.15, 0.2) is 48.5 Å². The first kappa shape index (κ1) is 27.1. The standard InChI is InChI=1S/C25H30F3IO4/c1-18(2)24(31)29(14-8-7-11-23(30)25(26,27)28)16-20-12-13-21(22(15-20)32-3)33-17-19-9-5-4-6-10-19/h4-6,9-10,12-13,15,18H,7-8,11,14,16-17H2,1-3H3. The van der Waals surface area contributed by atoms with E-state index in [0.717, 1.165) is 11.1 Å². The molecular weight excluding hydrogens is 548 g/mol. The maximum absolute atomic E-state index is 12.8. The van der Waals surface area contributed by atoms with Gasteiger partial charge in [-0.3, -0.25) is 0 Å². The molecule has 0 atom stereocenters. The number of hydrogen-bond donors (Lipinski definition) is 0. The second-order valence-corrected chi connectivity index (χ2v) is 13.4. The van der Waals surface area contributed by atoms with Crippen LogP contribution in [-0.2, 0) is 20.6 Å². The van der Waals surface area contributed by atoms with Crippen molar-refractivity contribution in [3.63, 3.8) is 0 Å². The van der Waals surface area contributed by atoms with Crippen LogP contribution in [0.4, 0.5) is 13.2 Å². The first-order chi connectivity index (χ1) is 15.6. The third-order valence-electron chi connectivity index (χ3n) is 4.83. The Balaban J connectivity index is 2.02. The van der Waals surface area contributed by atoms with Gasteiger partial charge >= 0.3 is 201 Å². The van der Waals surface area contributed by atoms with Gasteiger partial charge in [0.25, 0.3) is 0 Å². The molecule has 0 saturated carbocycles. The van der Waals surface area contributed by atoms with Gasteiger partial charge in [-0.05, 0) is 0 Å². The molecule has 4 nitrogen and oxygen atoms in total. The van der Waals surface area contributed by atoms with E-state index in [9.17, 15) is 22.8 Å². The van der Waals surface area contributed by atoms with Gasteiger partial charge in [0, 0.05) is 0 Å². The molecule has 0 unspecified atom stereocenters. The van der Waals surface area contributed by atoms with E-state index in [1.54, 1.807) is 7.11 Å². The third kappa shape index (κ3) is 8.98. The van der Waals surface area contributed by atoms with Gasteiger partial charge in [0.15, 0.2) is 0 Å². The second kappa shape index (κ2) is 13.0. The number of ether oxygens (including phenoxy) is 2. The fraction of sp³-hybridized carbons (Fsp3) is 0.440. The molecule has 33 heavy (non-hydrogen) atoms. The van der Waals surface area contributed by atoms with E-state index in [1.807, 2.05) is 62.4 Å². The fourth-order valence-corrected chi connectivity index (χ4v) is 9.10. The number of rotatable bonds is 13. The van der Waals surface area contributed by atoms with E-state index in [1.165, 1.54) is 0 Å². The van der Waals surface area contributed by atoms with Crippen LogP contribution in [0, 0.1) is 5.92 Å². The Morgan fingerprint density at radius 3 is 2.27 bits per heavy atom. The van der Waals surface area contributed by atoms with Gasteiger partial charge in [-0.1, -0.05) is 0 Å². The van der Waals surface area contributed by atoms with Gasteiger partial charge in [-0.15, -0.1) is 0 Å². The van der Waals surface area contributed by atoms with Gasteiger partial charge in [0.2, 0.25) is 0 Å². The van der Waals surface area contributed by atoms with Gasteiger partial charge < -0.3 is 0 Å². The zero-order valence-corrected chi connectivity index (χ0v) is 21.2. The number of carbonyl (C=O) groups excluding carboxylic acids is 2. The average Bonchev–Trinajstić information content (AvgIpc) is 2.79. The number of ketones is 1. The molecule has 0 aromatic heterocycles. The van der Waals surface area contributed by atoms with Crippen molar-refractivity contribution in [2.24, 2.45) is 5.92 Å². The first-order valence-electron chi connectivity index (χ1n) is 10.7. The summed E-state index contributed by atoms with van der Waals surface area (Å²) < 4.78 is 50.0. The third-order valence-corrected chi connectivity index (χ3v) is 11.4. The summed E-state index contributed by atoms with van der Waals surface area (Å²) in [5, 5.41) is 0. The Morgan fingerprint density at radius 2 is 1.67 bits per heavy atom. The van der Waals surface area contributed by atoms with Crippen LogP contribution in [-0.4, -0.2) is 27.3 Å². The minimum absolute atomic E-state index is 0.123. The molecule has 0 amide bonds. The maximum atomic E-state index is 12.8. The number of hydrogen-bond acceptors (Lipinski definition) is 4. The molecule has 0 aliphatic rings. The van der Waals surface area contributed by atoms with E-state index in [4.69, 9.17) is 9.47 Å². The Bertz CT molecular complexity index is 914. The number of carbonyl (C=O) groups is 2. The van der Waals surface area contributed by atoms with E-state index in [0.29, 0.717) is 33.4 Å². The van der Waals surface area contributed by atoms with Crippen molar-refractivity contribution >= 4 is 29.4 Å². The summed E-state index contributed by atoms with van der Waals surface area (Å²) in [5.41, 5.74) is 1.98. The molecule has 0 N–H and O–H groups in total. The summed E-state index contributed by atoms with van der Waals surface area (Å²) in [4.78, 5) is 23.9. The molecule has 2 aromatic carbocycles. The molecule has 0 radical (unpaired) electrons. The second-order valence-electron chi connectivity index (χ2n) is 7.88. The molecule has 0 aliphatic carbocycles. The van der Waals surface area contributed by atoms with Gasteiger partial charge in [-0.2, -0.15) is 0 Å². The van der Waals surface area contributed by atoms with Crippen LogP contribution in [0.25, 0.3) is 0 Å². The van der Waals surface area contributed by atoms with Crippen LogP contribution in [0.3, 0.4) is 0 Å². The number of unbranched alkanes of at least 4 members (excludes halogenated alkanes) is 1. The van der Waals surface area contributed by atoms with Gasteiger partial charge in [-0.25, -0.2) is 0 Å². The topological polar surface area (TPSA) is 52.6 Å². The summed E-state index contributed by atoms with van der Waals surface area (Å²) >= 11 is -2.16. The Morgan fingerprint density at radius 1 is 0.970 bits per heavy atom. The predicted octanol–water partition coefficient (Wildman–Crippen LogP) is 6.76. The van der Waals surface area contributed by atoms with Crippen molar-refractivity contribution in [1.82, 2.24) is 0 Å². The molecule has 182 valence electrons.